The van der Waals surface area contributed by atoms with Crippen molar-refractivity contribution < 1.29 is 22.4 Å². The molecule has 13 heteroatoms. The first-order chi connectivity index (χ1) is 20.6. The minimum atomic E-state index is -3.79. The van der Waals surface area contributed by atoms with Gasteiger partial charge in [0.15, 0.2) is 0 Å². The van der Waals surface area contributed by atoms with Gasteiger partial charge in [-0.3, -0.25) is 9.59 Å². The first-order valence-electron chi connectivity index (χ1n) is 13.3. The van der Waals surface area contributed by atoms with Gasteiger partial charge in [0.05, 0.1) is 44.5 Å². The van der Waals surface area contributed by atoms with Gasteiger partial charge in [-0.1, -0.05) is 39.4 Å². The summed E-state index contributed by atoms with van der Waals surface area (Å²) in [6, 6.07) is 18.1. The van der Waals surface area contributed by atoms with Gasteiger partial charge < -0.3 is 9.15 Å². The molecule has 5 aromatic rings. The van der Waals surface area contributed by atoms with Crippen molar-refractivity contribution in [2.45, 2.75) is 31.0 Å². The molecule has 1 saturated heterocycles. The van der Waals surface area contributed by atoms with Crippen LogP contribution in [0.3, 0.4) is 0 Å². The highest BCUT2D eigenvalue weighted by Gasteiger charge is 2.32. The first-order valence-corrected chi connectivity index (χ1v) is 16.4. The quantitative estimate of drug-likeness (QED) is 0.168. The number of sulfonamides is 1. The number of carbonyl (C=O) groups excluding carboxylic acids is 1. The summed E-state index contributed by atoms with van der Waals surface area (Å²) in [6.07, 6.45) is 2.09. The number of para-hydroxylation sites is 1. The highest BCUT2D eigenvalue weighted by atomic mass is 79.9. The number of anilines is 1. The number of rotatable bonds is 6. The second-order valence-corrected chi connectivity index (χ2v) is 14.0. The van der Waals surface area contributed by atoms with Gasteiger partial charge in [-0.2, -0.15) is 14.4 Å². The summed E-state index contributed by atoms with van der Waals surface area (Å²) in [6.45, 7) is 4.15. The van der Waals surface area contributed by atoms with E-state index in [0.717, 1.165) is 14.2 Å². The predicted octanol–water partition coefficient (Wildman–Crippen LogP) is 5.64. The van der Waals surface area contributed by atoms with Crippen molar-refractivity contribution >= 4 is 75.7 Å². The first kappa shape index (κ1) is 29.3. The van der Waals surface area contributed by atoms with E-state index >= 15 is 0 Å². The Kier molecular flexibility index (Phi) is 8.00. The maximum Gasteiger partial charge on any atom is 0.280 e. The van der Waals surface area contributed by atoms with Gasteiger partial charge in [0.1, 0.15) is 11.8 Å². The van der Waals surface area contributed by atoms with Gasteiger partial charge in [-0.25, -0.2) is 13.4 Å². The Morgan fingerprint density at radius 1 is 1.09 bits per heavy atom. The fourth-order valence-electron chi connectivity index (χ4n) is 4.84. The van der Waals surface area contributed by atoms with E-state index in [2.05, 4.69) is 26.0 Å². The van der Waals surface area contributed by atoms with E-state index in [0.29, 0.717) is 16.5 Å². The molecular weight excluding hydrogens is 656 g/mol. The van der Waals surface area contributed by atoms with Crippen LogP contribution in [0.4, 0.5) is 5.13 Å². The molecule has 1 amide bonds. The molecule has 0 saturated carbocycles. The standard InChI is InChI=1S/C30H25BrN4O6S2/c1-18-15-34(16-19(2)41-18)43(38,39)23-10-7-20(8-11-23)29(37)35(30-33-25-12-9-22(31)13-27(25)42-30)32-14-21-17-40-26-6-4-3-5-24(26)28(21)36/h3-14,17-19H,15-16H2,1-2H3/b32-14+. The van der Waals surface area contributed by atoms with Gasteiger partial charge in [0.2, 0.25) is 20.6 Å². The van der Waals surface area contributed by atoms with Crippen LogP contribution >= 0.6 is 27.3 Å². The topological polar surface area (TPSA) is 122 Å². The van der Waals surface area contributed by atoms with E-state index < -0.39 is 15.9 Å². The molecule has 3 heterocycles. The maximum atomic E-state index is 13.8. The summed E-state index contributed by atoms with van der Waals surface area (Å²) >= 11 is 4.70. The van der Waals surface area contributed by atoms with E-state index in [4.69, 9.17) is 9.15 Å². The largest absolute Gasteiger partial charge is 0.463 e. The van der Waals surface area contributed by atoms with Crippen LogP contribution in [-0.4, -0.2) is 55.1 Å². The number of morpholine rings is 1. The molecule has 1 fully saturated rings. The Bertz CT molecular complexity index is 2030. The summed E-state index contributed by atoms with van der Waals surface area (Å²) in [5.41, 5.74) is 1.14. The third-order valence-electron chi connectivity index (χ3n) is 6.86. The molecule has 1 aliphatic rings. The Morgan fingerprint density at radius 3 is 2.56 bits per heavy atom. The summed E-state index contributed by atoms with van der Waals surface area (Å²) < 4.78 is 41.0. The Hall–Kier alpha value is -3.75. The fourth-order valence-corrected chi connectivity index (χ4v) is 7.90. The van der Waals surface area contributed by atoms with E-state index in [1.165, 1.54) is 52.4 Å². The van der Waals surface area contributed by atoms with Gasteiger partial charge in [0, 0.05) is 23.1 Å². The third kappa shape index (κ3) is 5.91. The van der Waals surface area contributed by atoms with Crippen LogP contribution in [0.25, 0.3) is 21.2 Å². The number of amides is 1. The number of aromatic nitrogens is 1. The number of ether oxygens (including phenoxy) is 1. The highest BCUT2D eigenvalue weighted by Crippen LogP contribution is 2.32. The smallest absolute Gasteiger partial charge is 0.280 e. The Labute approximate surface area is 259 Å². The van der Waals surface area contributed by atoms with Crippen LogP contribution in [0.5, 0.6) is 0 Å². The zero-order chi connectivity index (χ0) is 30.3. The summed E-state index contributed by atoms with van der Waals surface area (Å²) in [5, 5.41) is 6.14. The lowest BCUT2D eigenvalue weighted by Crippen LogP contribution is -2.48. The van der Waals surface area contributed by atoms with Gasteiger partial charge in [0.25, 0.3) is 5.91 Å². The number of hydrogen-bond donors (Lipinski definition) is 0. The fraction of sp³-hybridized carbons (Fsp3) is 0.200. The lowest BCUT2D eigenvalue weighted by Gasteiger charge is -2.34. The molecule has 6 rings (SSSR count). The number of halogens is 1. The minimum absolute atomic E-state index is 0.0685. The van der Waals surface area contributed by atoms with Crippen molar-refractivity contribution in [2.24, 2.45) is 5.10 Å². The van der Waals surface area contributed by atoms with Crippen LogP contribution in [-0.2, 0) is 14.8 Å². The molecule has 43 heavy (non-hydrogen) atoms. The second kappa shape index (κ2) is 11.7. The molecular formula is C30H25BrN4O6S2. The number of nitrogens with zero attached hydrogens (tertiary/aromatic N) is 4. The molecule has 2 atom stereocenters. The lowest BCUT2D eigenvalue weighted by molar-refractivity contribution is -0.0440. The molecule has 2 unspecified atom stereocenters. The number of hydrazone groups is 1. The molecule has 0 bridgehead atoms. The van der Waals surface area contributed by atoms with E-state index in [1.54, 1.807) is 24.3 Å². The van der Waals surface area contributed by atoms with Crippen LogP contribution in [0.1, 0.15) is 29.8 Å². The van der Waals surface area contributed by atoms with E-state index in [-0.39, 0.29) is 51.9 Å². The maximum absolute atomic E-state index is 13.8. The number of benzene rings is 3. The number of fused-ring (bicyclic) bond motifs is 2. The van der Waals surface area contributed by atoms with Crippen LogP contribution < -0.4 is 10.4 Å². The molecule has 0 radical (unpaired) electrons. The summed E-state index contributed by atoms with van der Waals surface area (Å²) in [7, 11) is -3.79. The van der Waals surface area contributed by atoms with Crippen molar-refractivity contribution in [3.8, 4) is 0 Å². The van der Waals surface area contributed by atoms with Crippen LogP contribution in [0.2, 0.25) is 0 Å². The third-order valence-corrected chi connectivity index (χ3v) is 10.2. The lowest BCUT2D eigenvalue weighted by atomic mass is 10.2. The predicted molar refractivity (Wildman–Crippen MR) is 169 cm³/mol. The zero-order valence-corrected chi connectivity index (χ0v) is 26.2. The molecule has 220 valence electrons. The molecule has 3 aromatic carbocycles. The van der Waals surface area contributed by atoms with Crippen molar-refractivity contribution in [1.29, 1.82) is 0 Å². The molecule has 2 aromatic heterocycles. The Balaban J connectivity index is 1.35. The van der Waals surface area contributed by atoms with Crippen LogP contribution in [0, 0.1) is 0 Å². The minimum Gasteiger partial charge on any atom is -0.463 e. The highest BCUT2D eigenvalue weighted by molar-refractivity contribution is 9.10. The van der Waals surface area contributed by atoms with Gasteiger partial charge >= 0.3 is 0 Å². The van der Waals surface area contributed by atoms with Crippen molar-refractivity contribution in [2.75, 3.05) is 18.1 Å². The molecule has 0 aliphatic carbocycles. The SMILES string of the molecule is CC1CN(S(=O)(=O)c2ccc(C(=O)N(/N=C/c3coc4ccccc4c3=O)c3nc4ccc(Br)cc4s3)cc2)CC(C)O1. The molecule has 0 N–H and O–H groups in total. The molecule has 0 spiro atoms. The number of hydrogen-bond acceptors (Lipinski definition) is 9. The van der Waals surface area contributed by atoms with Crippen molar-refractivity contribution in [3.05, 3.63) is 98.8 Å². The van der Waals surface area contributed by atoms with Crippen LogP contribution in [0.15, 0.2) is 96.7 Å². The van der Waals surface area contributed by atoms with Gasteiger partial charge in [-0.15, -0.1) is 0 Å². The molecule has 1 aliphatic heterocycles. The van der Waals surface area contributed by atoms with Gasteiger partial charge in [-0.05, 0) is 68.4 Å². The summed E-state index contributed by atoms with van der Waals surface area (Å²) in [5.74, 6) is -0.558. The van der Waals surface area contributed by atoms with Crippen molar-refractivity contribution in [3.63, 3.8) is 0 Å². The molecule has 10 nitrogen and oxygen atoms in total. The van der Waals surface area contributed by atoms with E-state index in [1.807, 2.05) is 32.0 Å². The number of thiazole rings is 1. The average molecular weight is 682 g/mol. The van der Waals surface area contributed by atoms with Crippen molar-refractivity contribution in [1.82, 2.24) is 9.29 Å². The Morgan fingerprint density at radius 2 is 1.81 bits per heavy atom. The normalized spacial score (nSPS) is 18.0. The summed E-state index contributed by atoms with van der Waals surface area (Å²) in [4.78, 5) is 31.6. The average Bonchev–Trinajstić information content (AvgIpc) is 3.40. The monoisotopic (exact) mass is 680 g/mol. The van der Waals surface area contributed by atoms with E-state index in [9.17, 15) is 18.0 Å². The second-order valence-electron chi connectivity index (χ2n) is 10.1. The number of carbonyl (C=O) groups is 1. The zero-order valence-electron chi connectivity index (χ0n) is 23.0.